The van der Waals surface area contributed by atoms with Crippen molar-refractivity contribution in [3.8, 4) is 0 Å². The van der Waals surface area contributed by atoms with E-state index >= 15 is 0 Å². The van der Waals surface area contributed by atoms with E-state index in [9.17, 15) is 9.59 Å². The molecule has 0 bridgehead atoms. The lowest BCUT2D eigenvalue weighted by Gasteiger charge is -2.00. The molecule has 0 radical (unpaired) electrons. The summed E-state index contributed by atoms with van der Waals surface area (Å²) in [6, 6.07) is 0. The molecule has 0 saturated carbocycles. The molecule has 1 N–H and O–H groups in total. The minimum Gasteiger partial charge on any atom is -0.356 e. The normalized spacial score (nSPS) is 12.0. The summed E-state index contributed by atoms with van der Waals surface area (Å²) in [6.45, 7) is 2.87. The zero-order valence-electron chi connectivity index (χ0n) is 13.0. The number of nitrogens with one attached hydrogen (secondary N) is 1. The van der Waals surface area contributed by atoms with E-state index in [1.165, 1.54) is 0 Å². The molecule has 0 heterocycles. The molecule has 3 heteroatoms. The number of carbonyl (C=O) groups excluding carboxylic acids is 2. The van der Waals surface area contributed by atoms with Crippen LogP contribution in [0.3, 0.4) is 0 Å². The van der Waals surface area contributed by atoms with Crippen molar-refractivity contribution in [2.24, 2.45) is 0 Å². The Balaban J connectivity index is 3.57. The first-order valence-corrected chi connectivity index (χ1v) is 7.63. The minimum absolute atomic E-state index is 0.0788. The largest absolute Gasteiger partial charge is 0.356 e. The summed E-state index contributed by atoms with van der Waals surface area (Å²) in [5, 5.41) is 2.87. The summed E-state index contributed by atoms with van der Waals surface area (Å²) in [7, 11) is 0. The van der Waals surface area contributed by atoms with Crippen molar-refractivity contribution in [2.45, 2.75) is 45.4 Å². The smallest absolute Gasteiger partial charge is 0.223 e. The van der Waals surface area contributed by atoms with Gasteiger partial charge in [-0.3, -0.25) is 4.79 Å². The first-order chi connectivity index (χ1) is 10.3. The van der Waals surface area contributed by atoms with Gasteiger partial charge in [-0.15, -0.1) is 0 Å². The quantitative estimate of drug-likeness (QED) is 0.256. The second kappa shape index (κ2) is 16.2. The van der Waals surface area contributed by atoms with Gasteiger partial charge in [0.25, 0.3) is 0 Å². The molecule has 1 amide bonds. The highest BCUT2D eigenvalue weighted by Crippen LogP contribution is 1.93. The van der Waals surface area contributed by atoms with Crippen molar-refractivity contribution in [1.82, 2.24) is 5.32 Å². The van der Waals surface area contributed by atoms with Gasteiger partial charge in [-0.05, 0) is 19.3 Å². The number of hydrogen-bond donors (Lipinski definition) is 1. The van der Waals surface area contributed by atoms with E-state index in [1.54, 1.807) is 0 Å². The molecule has 0 aromatic carbocycles. The standard InChI is InChI=1S/C18H27NO2/c1-2-3-16-19-18(21)15-13-11-9-7-5-4-6-8-10-12-14-17-20/h4,6-7,9-13,17H,2-3,5,8,14-16H2,1H3,(H,19,21)/b6-4-,9-7-,12-10-,13-11+. The van der Waals surface area contributed by atoms with E-state index in [0.717, 1.165) is 38.5 Å². The van der Waals surface area contributed by atoms with Gasteiger partial charge >= 0.3 is 0 Å². The topological polar surface area (TPSA) is 46.2 Å². The van der Waals surface area contributed by atoms with Gasteiger partial charge in [0.1, 0.15) is 6.29 Å². The molecule has 0 aromatic rings. The van der Waals surface area contributed by atoms with E-state index in [-0.39, 0.29) is 5.91 Å². The Morgan fingerprint density at radius 3 is 2.19 bits per heavy atom. The molecule has 0 unspecified atom stereocenters. The van der Waals surface area contributed by atoms with Crippen molar-refractivity contribution in [2.75, 3.05) is 6.54 Å². The fraction of sp³-hybridized carbons (Fsp3) is 0.444. The van der Waals surface area contributed by atoms with Crippen LogP contribution in [0.25, 0.3) is 0 Å². The maximum absolute atomic E-state index is 11.4. The average Bonchev–Trinajstić information content (AvgIpc) is 2.48. The predicted molar refractivity (Wildman–Crippen MR) is 89.0 cm³/mol. The molecule has 0 fully saturated rings. The summed E-state index contributed by atoms with van der Waals surface area (Å²) in [4.78, 5) is 21.4. The van der Waals surface area contributed by atoms with Crippen molar-refractivity contribution in [3.63, 3.8) is 0 Å². The summed E-state index contributed by atoms with van der Waals surface area (Å²) in [5.74, 6) is 0.0788. The molecule has 0 aliphatic heterocycles. The summed E-state index contributed by atoms with van der Waals surface area (Å²) in [5.41, 5.74) is 0. The van der Waals surface area contributed by atoms with Crippen LogP contribution in [0, 0.1) is 0 Å². The SMILES string of the molecule is CCCCNC(=O)C/C=C/C=C\C/C=C\C/C=C\CC=O. The number of aldehydes is 1. The van der Waals surface area contributed by atoms with Crippen LogP contribution in [0.4, 0.5) is 0 Å². The van der Waals surface area contributed by atoms with Gasteiger partial charge < -0.3 is 10.1 Å². The van der Waals surface area contributed by atoms with Crippen molar-refractivity contribution in [3.05, 3.63) is 48.6 Å². The third kappa shape index (κ3) is 16.0. The summed E-state index contributed by atoms with van der Waals surface area (Å²) in [6.07, 6.45) is 21.4. The van der Waals surface area contributed by atoms with Gasteiger partial charge in [0.15, 0.2) is 0 Å². The van der Waals surface area contributed by atoms with Crippen molar-refractivity contribution >= 4 is 12.2 Å². The molecule has 0 aliphatic carbocycles. The van der Waals surface area contributed by atoms with E-state index in [4.69, 9.17) is 0 Å². The maximum atomic E-state index is 11.4. The Kier molecular flexibility index (Phi) is 14.7. The molecule has 3 nitrogen and oxygen atoms in total. The Hall–Kier alpha value is -1.90. The fourth-order valence-electron chi connectivity index (χ4n) is 1.49. The lowest BCUT2D eigenvalue weighted by molar-refractivity contribution is -0.120. The third-order valence-corrected chi connectivity index (χ3v) is 2.65. The van der Waals surface area contributed by atoms with Crippen LogP contribution in [0.2, 0.25) is 0 Å². The summed E-state index contributed by atoms with van der Waals surface area (Å²) >= 11 is 0. The second-order valence-electron chi connectivity index (χ2n) is 4.58. The lowest BCUT2D eigenvalue weighted by atomic mass is 10.2. The van der Waals surface area contributed by atoms with Crippen LogP contribution in [0.15, 0.2) is 48.6 Å². The zero-order valence-corrected chi connectivity index (χ0v) is 13.0. The fourth-order valence-corrected chi connectivity index (χ4v) is 1.49. The number of hydrogen-bond acceptors (Lipinski definition) is 2. The first kappa shape index (κ1) is 19.1. The Labute approximate surface area is 128 Å². The Morgan fingerprint density at radius 2 is 1.52 bits per heavy atom. The van der Waals surface area contributed by atoms with Gasteiger partial charge in [-0.25, -0.2) is 0 Å². The van der Waals surface area contributed by atoms with E-state index < -0.39 is 0 Å². The van der Waals surface area contributed by atoms with Crippen LogP contribution in [-0.4, -0.2) is 18.7 Å². The maximum Gasteiger partial charge on any atom is 0.223 e. The van der Waals surface area contributed by atoms with E-state index in [1.807, 2.05) is 36.5 Å². The molecule has 0 saturated heterocycles. The van der Waals surface area contributed by atoms with Crippen LogP contribution < -0.4 is 5.32 Å². The monoisotopic (exact) mass is 289 g/mol. The Morgan fingerprint density at radius 1 is 0.905 bits per heavy atom. The number of unbranched alkanes of at least 4 members (excludes halogenated alkanes) is 1. The van der Waals surface area contributed by atoms with Crippen molar-refractivity contribution in [1.29, 1.82) is 0 Å². The van der Waals surface area contributed by atoms with Crippen LogP contribution in [0.1, 0.15) is 45.4 Å². The predicted octanol–water partition coefficient (Wildman–Crippen LogP) is 3.89. The van der Waals surface area contributed by atoms with Gasteiger partial charge in [0.05, 0.1) is 0 Å². The number of allylic oxidation sites excluding steroid dienone is 7. The molecule has 0 rings (SSSR count). The molecular weight excluding hydrogens is 262 g/mol. The highest BCUT2D eigenvalue weighted by molar-refractivity contribution is 5.77. The van der Waals surface area contributed by atoms with Gasteiger partial charge in [0, 0.05) is 19.4 Å². The molecular formula is C18H27NO2. The molecule has 0 aliphatic rings. The van der Waals surface area contributed by atoms with E-state index in [2.05, 4.69) is 24.4 Å². The summed E-state index contributed by atoms with van der Waals surface area (Å²) < 4.78 is 0. The third-order valence-electron chi connectivity index (χ3n) is 2.65. The van der Waals surface area contributed by atoms with E-state index in [0.29, 0.717) is 12.8 Å². The average molecular weight is 289 g/mol. The van der Waals surface area contributed by atoms with Gasteiger partial charge in [-0.2, -0.15) is 0 Å². The number of amides is 1. The van der Waals surface area contributed by atoms with Crippen LogP contribution in [-0.2, 0) is 9.59 Å². The molecule has 21 heavy (non-hydrogen) atoms. The van der Waals surface area contributed by atoms with Gasteiger partial charge in [0.2, 0.25) is 5.91 Å². The second-order valence-corrected chi connectivity index (χ2v) is 4.58. The molecule has 0 aromatic heterocycles. The van der Waals surface area contributed by atoms with Gasteiger partial charge in [-0.1, -0.05) is 62.0 Å². The molecule has 0 spiro atoms. The zero-order chi connectivity index (χ0) is 15.6. The number of rotatable bonds is 12. The Bertz CT molecular complexity index is 379. The van der Waals surface area contributed by atoms with Crippen LogP contribution in [0.5, 0.6) is 0 Å². The highest BCUT2D eigenvalue weighted by atomic mass is 16.1. The molecule has 0 atom stereocenters. The number of carbonyl (C=O) groups is 2. The highest BCUT2D eigenvalue weighted by Gasteiger charge is 1.94. The molecule has 116 valence electrons. The minimum atomic E-state index is 0.0788. The first-order valence-electron chi connectivity index (χ1n) is 7.63. The lowest BCUT2D eigenvalue weighted by Crippen LogP contribution is -2.23. The van der Waals surface area contributed by atoms with Crippen LogP contribution >= 0.6 is 0 Å². The van der Waals surface area contributed by atoms with Crippen molar-refractivity contribution < 1.29 is 9.59 Å².